The van der Waals surface area contributed by atoms with Gasteiger partial charge in [-0.1, -0.05) is 0 Å². The number of allylic oxidation sites excluding steroid dienone is 2. The van der Waals surface area contributed by atoms with E-state index in [0.29, 0.717) is 5.75 Å². The van der Waals surface area contributed by atoms with E-state index in [0.717, 1.165) is 0 Å². The number of alkyl halides is 3. The molecule has 1 atom stereocenters. The lowest BCUT2D eigenvalue weighted by molar-refractivity contribution is -0.158. The fourth-order valence-electron chi connectivity index (χ4n) is 2.37. The van der Waals surface area contributed by atoms with Crippen LogP contribution in [0.25, 0.3) is 0 Å². The minimum atomic E-state index is -4.47. The number of rotatable bonds is 7. The van der Waals surface area contributed by atoms with Crippen molar-refractivity contribution in [2.75, 3.05) is 13.2 Å². The molecule has 0 saturated heterocycles. The Labute approximate surface area is 147 Å². The van der Waals surface area contributed by atoms with Crippen LogP contribution in [0.15, 0.2) is 36.4 Å². The molecule has 5 nitrogen and oxygen atoms in total. The van der Waals surface area contributed by atoms with Crippen molar-refractivity contribution in [2.24, 2.45) is 5.41 Å². The molecule has 0 aromatic carbocycles. The maximum absolute atomic E-state index is 12.4. The summed E-state index contributed by atoms with van der Waals surface area (Å²) in [6.45, 7) is 1.97. The van der Waals surface area contributed by atoms with Gasteiger partial charge in [-0.2, -0.15) is 13.2 Å². The van der Waals surface area contributed by atoms with Gasteiger partial charge in [-0.05, 0) is 38.0 Å². The first kappa shape index (κ1) is 19.4. The molecule has 9 heteroatoms. The van der Waals surface area contributed by atoms with Gasteiger partial charge < -0.3 is 13.7 Å². The second kappa shape index (κ2) is 8.46. The van der Waals surface area contributed by atoms with Crippen LogP contribution in [-0.2, 0) is 13.7 Å². The Morgan fingerprint density at radius 1 is 1.36 bits per heavy atom. The number of hydrogen-bond acceptors (Lipinski definition) is 6. The number of aromatic nitrogens is 1. The van der Waals surface area contributed by atoms with Gasteiger partial charge in [0.15, 0.2) is 12.0 Å². The Morgan fingerprint density at radius 2 is 2.08 bits per heavy atom. The summed E-state index contributed by atoms with van der Waals surface area (Å²) in [5, 5.41) is 0. The normalized spacial score (nSPS) is 20.6. The number of halogens is 3. The van der Waals surface area contributed by atoms with E-state index in [-0.39, 0.29) is 38.2 Å². The van der Waals surface area contributed by atoms with Crippen molar-refractivity contribution >= 4 is 18.0 Å². The van der Waals surface area contributed by atoms with Gasteiger partial charge in [0.1, 0.15) is 23.5 Å². The summed E-state index contributed by atoms with van der Waals surface area (Å²) in [5.74, 6) is 0.325. The molecule has 0 bridgehead atoms. The van der Waals surface area contributed by atoms with Gasteiger partial charge in [0, 0.05) is 18.8 Å². The molecule has 1 aliphatic carbocycles. The molecule has 0 aliphatic heterocycles. The highest BCUT2D eigenvalue weighted by molar-refractivity contribution is 7.95. The Kier molecular flexibility index (Phi) is 6.57. The maximum atomic E-state index is 12.4. The third-order valence-corrected chi connectivity index (χ3v) is 4.17. The zero-order chi connectivity index (χ0) is 18.3. The van der Waals surface area contributed by atoms with E-state index in [1.165, 1.54) is 6.08 Å². The summed E-state index contributed by atoms with van der Waals surface area (Å²) in [5.41, 5.74) is -5.42. The quantitative estimate of drug-likeness (QED) is 0.523. The second-order valence-electron chi connectivity index (χ2n) is 5.46. The van der Waals surface area contributed by atoms with Gasteiger partial charge in [-0.25, -0.2) is 0 Å². The lowest BCUT2D eigenvalue weighted by atomic mass is 9.77. The van der Waals surface area contributed by atoms with Gasteiger partial charge in [0.2, 0.25) is 0 Å². The van der Waals surface area contributed by atoms with Crippen molar-refractivity contribution in [1.82, 2.24) is 4.98 Å². The summed E-state index contributed by atoms with van der Waals surface area (Å²) in [4.78, 5) is 16.3. The highest BCUT2D eigenvalue weighted by Gasteiger charge is 2.43. The number of pyridine rings is 1. The van der Waals surface area contributed by atoms with Crippen LogP contribution in [0, 0.1) is 5.41 Å². The van der Waals surface area contributed by atoms with Crippen LogP contribution in [0.2, 0.25) is 0 Å². The summed E-state index contributed by atoms with van der Waals surface area (Å²) in [6.07, 6.45) is 5.28. The summed E-state index contributed by atoms with van der Waals surface area (Å²) >= 11 is -0.554. The minimum Gasteiger partial charge on any atom is -0.492 e. The third-order valence-electron chi connectivity index (χ3n) is 3.69. The van der Waals surface area contributed by atoms with Crippen LogP contribution < -0.4 is 4.74 Å². The maximum Gasteiger partial charge on any atom is 0.479 e. The van der Waals surface area contributed by atoms with Crippen molar-refractivity contribution in [3.8, 4) is 5.75 Å². The molecule has 1 aromatic rings. The summed E-state index contributed by atoms with van der Waals surface area (Å²) in [7, 11) is 0. The molecule has 0 N–H and O–H groups in total. The number of esters is 1. The molecule has 1 aliphatic rings. The Morgan fingerprint density at radius 3 is 2.64 bits per heavy atom. The Balaban J connectivity index is 2.04. The minimum absolute atomic E-state index is 0.0615. The fraction of sp³-hybridized carbons (Fsp3) is 0.500. The molecule has 0 radical (unpaired) electrons. The number of nitrogens with zero attached hydrogens (tertiary/aromatic N) is 1. The van der Waals surface area contributed by atoms with E-state index in [1.807, 2.05) is 0 Å². The summed E-state index contributed by atoms with van der Waals surface area (Å²) < 4.78 is 52.1. The number of ether oxygens (including phenoxy) is 2. The molecule has 0 spiro atoms. The Hall–Kier alpha value is -1.90. The molecule has 1 unspecified atom stereocenters. The third kappa shape index (κ3) is 5.84. The van der Waals surface area contributed by atoms with Gasteiger partial charge in [-0.3, -0.25) is 9.78 Å². The van der Waals surface area contributed by atoms with Gasteiger partial charge in [-0.15, -0.1) is 0 Å². The van der Waals surface area contributed by atoms with Crippen LogP contribution >= 0.6 is 12.0 Å². The van der Waals surface area contributed by atoms with E-state index >= 15 is 0 Å². The zero-order valence-electron chi connectivity index (χ0n) is 13.5. The average Bonchev–Trinajstić information content (AvgIpc) is 2.59. The predicted molar refractivity (Wildman–Crippen MR) is 85.5 cm³/mol. The topological polar surface area (TPSA) is 57.7 Å². The molecule has 1 heterocycles. The van der Waals surface area contributed by atoms with Crippen molar-refractivity contribution in [3.05, 3.63) is 36.4 Å². The van der Waals surface area contributed by atoms with E-state index in [4.69, 9.17) is 13.7 Å². The predicted octanol–water partition coefficient (Wildman–Crippen LogP) is 4.26. The van der Waals surface area contributed by atoms with Gasteiger partial charge >= 0.3 is 11.5 Å². The monoisotopic (exact) mass is 377 g/mol. The SMILES string of the molecule is CCOC(=O)C1(COc2ccncc2)CC=C(OSC(F)(F)F)CC1. The molecule has 0 saturated carbocycles. The van der Waals surface area contributed by atoms with Crippen LogP contribution in [0.4, 0.5) is 13.2 Å². The fourth-order valence-corrected chi connectivity index (χ4v) is 2.72. The van der Waals surface area contributed by atoms with Crippen LogP contribution in [0.3, 0.4) is 0 Å². The van der Waals surface area contributed by atoms with Crippen LogP contribution in [-0.4, -0.2) is 29.7 Å². The van der Waals surface area contributed by atoms with Crippen molar-refractivity contribution in [3.63, 3.8) is 0 Å². The molecular formula is C16H18F3NO4S. The molecule has 25 heavy (non-hydrogen) atoms. The number of carbonyl (C=O) groups excluding carboxylic acids is 1. The van der Waals surface area contributed by atoms with Crippen molar-refractivity contribution in [2.45, 2.75) is 31.7 Å². The van der Waals surface area contributed by atoms with Crippen LogP contribution in [0.5, 0.6) is 5.75 Å². The lowest BCUT2D eigenvalue weighted by Gasteiger charge is -2.33. The summed E-state index contributed by atoms with van der Waals surface area (Å²) in [6, 6.07) is 3.32. The first-order chi connectivity index (χ1) is 11.8. The van der Waals surface area contributed by atoms with Crippen LogP contribution in [0.1, 0.15) is 26.2 Å². The highest BCUT2D eigenvalue weighted by atomic mass is 32.2. The van der Waals surface area contributed by atoms with Crippen molar-refractivity contribution in [1.29, 1.82) is 0 Å². The second-order valence-corrected chi connectivity index (χ2v) is 6.26. The zero-order valence-corrected chi connectivity index (χ0v) is 14.4. The van der Waals surface area contributed by atoms with Gasteiger partial charge in [0.25, 0.3) is 0 Å². The molecule has 0 amide bonds. The van der Waals surface area contributed by atoms with Crippen molar-refractivity contribution < 1.29 is 31.6 Å². The first-order valence-electron chi connectivity index (χ1n) is 7.66. The molecular weight excluding hydrogens is 359 g/mol. The largest absolute Gasteiger partial charge is 0.492 e. The first-order valence-corrected chi connectivity index (χ1v) is 8.40. The van der Waals surface area contributed by atoms with E-state index < -0.39 is 28.9 Å². The molecule has 138 valence electrons. The van der Waals surface area contributed by atoms with E-state index in [1.54, 1.807) is 31.5 Å². The van der Waals surface area contributed by atoms with Gasteiger partial charge in [0.05, 0.1) is 6.61 Å². The molecule has 2 rings (SSSR count). The Bertz CT molecular complexity index is 609. The number of hydrogen-bond donors (Lipinski definition) is 0. The highest BCUT2D eigenvalue weighted by Crippen LogP contribution is 2.41. The van der Waals surface area contributed by atoms with E-state index in [2.05, 4.69) is 4.98 Å². The average molecular weight is 377 g/mol. The molecule has 0 fully saturated rings. The lowest BCUT2D eigenvalue weighted by Crippen LogP contribution is -2.40. The molecule has 1 aromatic heterocycles. The van der Waals surface area contributed by atoms with E-state index in [9.17, 15) is 18.0 Å². The smallest absolute Gasteiger partial charge is 0.479 e. The number of carbonyl (C=O) groups is 1. The standard InChI is InChI=1S/C16H18F3NO4S/c1-2-22-14(21)15(11-23-12-5-9-20-10-6-12)7-3-13(4-8-15)24-25-16(17,18)19/h3,5-6,9-10H,2,4,7-8,11H2,1H3.